The van der Waals surface area contributed by atoms with Crippen molar-refractivity contribution in [3.63, 3.8) is 0 Å². The lowest BCUT2D eigenvalue weighted by Crippen LogP contribution is -2.37. The molecule has 0 radical (unpaired) electrons. The van der Waals surface area contributed by atoms with Crippen LogP contribution in [0.25, 0.3) is 0 Å². The topological polar surface area (TPSA) is 29.5 Å². The van der Waals surface area contributed by atoms with E-state index in [4.69, 9.17) is 4.74 Å². The summed E-state index contributed by atoms with van der Waals surface area (Å²) in [7, 11) is 1.56. The van der Waals surface area contributed by atoms with Crippen molar-refractivity contribution in [2.45, 2.75) is 32.2 Å². The Morgan fingerprint density at radius 3 is 3.00 bits per heavy atom. The summed E-state index contributed by atoms with van der Waals surface area (Å²) in [5.41, 5.74) is 0. The molecule has 0 aromatic carbocycles. The molecule has 0 aromatic rings. The molecule has 1 unspecified atom stereocenters. The molecule has 3 nitrogen and oxygen atoms in total. The van der Waals surface area contributed by atoms with Gasteiger partial charge >= 0.3 is 0 Å². The van der Waals surface area contributed by atoms with Gasteiger partial charge in [0.05, 0.1) is 0 Å². The number of ether oxygens (including phenoxy) is 1. The smallest absolute Gasteiger partial charge is 0.248 e. The molecule has 1 aliphatic heterocycles. The highest BCUT2D eigenvalue weighted by Gasteiger charge is 2.26. The van der Waals surface area contributed by atoms with Crippen molar-refractivity contribution in [2.24, 2.45) is 0 Å². The lowest BCUT2D eigenvalue weighted by Gasteiger charge is -2.22. The summed E-state index contributed by atoms with van der Waals surface area (Å²) < 4.78 is 4.82. The van der Waals surface area contributed by atoms with Gasteiger partial charge in [-0.15, -0.1) is 0 Å². The summed E-state index contributed by atoms with van der Waals surface area (Å²) in [5.74, 6) is 0.141. The van der Waals surface area contributed by atoms with E-state index in [1.165, 1.54) is 0 Å². The Hall–Kier alpha value is -0.570. The van der Waals surface area contributed by atoms with Gasteiger partial charge in [-0.3, -0.25) is 4.79 Å². The third-order valence-corrected chi connectivity index (χ3v) is 2.44. The van der Waals surface area contributed by atoms with Gasteiger partial charge in [-0.1, -0.05) is 6.92 Å². The highest BCUT2D eigenvalue weighted by molar-refractivity contribution is 5.78. The van der Waals surface area contributed by atoms with E-state index in [2.05, 4.69) is 6.92 Å². The van der Waals surface area contributed by atoms with Gasteiger partial charge in [0.15, 0.2) is 0 Å². The molecule has 0 saturated carbocycles. The molecule has 1 amide bonds. The number of amides is 1. The molecule has 1 aliphatic rings. The fourth-order valence-corrected chi connectivity index (χ4v) is 1.79. The number of hydrogen-bond donors (Lipinski definition) is 0. The molecule has 3 heteroatoms. The third-order valence-electron chi connectivity index (χ3n) is 2.44. The maximum Gasteiger partial charge on any atom is 0.248 e. The second kappa shape index (κ2) is 4.45. The number of likely N-dealkylation sites (tertiary alicyclic amines) is 1. The van der Waals surface area contributed by atoms with Crippen LogP contribution in [0.4, 0.5) is 0 Å². The maximum atomic E-state index is 11.4. The van der Waals surface area contributed by atoms with E-state index in [-0.39, 0.29) is 12.5 Å². The van der Waals surface area contributed by atoms with Gasteiger partial charge in [0, 0.05) is 19.7 Å². The number of rotatable bonds is 3. The Morgan fingerprint density at radius 2 is 2.42 bits per heavy atom. The normalized spacial score (nSPS) is 23.2. The fourth-order valence-electron chi connectivity index (χ4n) is 1.79. The van der Waals surface area contributed by atoms with Gasteiger partial charge in [0.2, 0.25) is 5.91 Å². The van der Waals surface area contributed by atoms with Crippen LogP contribution in [0.1, 0.15) is 26.2 Å². The number of nitrogens with zero attached hydrogens (tertiary/aromatic N) is 1. The van der Waals surface area contributed by atoms with Gasteiger partial charge in [0.1, 0.15) is 6.61 Å². The summed E-state index contributed by atoms with van der Waals surface area (Å²) in [6, 6.07) is 0.465. The second-order valence-corrected chi connectivity index (χ2v) is 3.22. The zero-order valence-electron chi connectivity index (χ0n) is 7.88. The summed E-state index contributed by atoms with van der Waals surface area (Å²) in [6.07, 6.45) is 3.37. The highest BCUT2D eigenvalue weighted by Crippen LogP contribution is 2.19. The molecule has 12 heavy (non-hydrogen) atoms. The van der Waals surface area contributed by atoms with E-state index in [0.29, 0.717) is 6.04 Å². The van der Waals surface area contributed by atoms with Crippen molar-refractivity contribution >= 4 is 5.91 Å². The van der Waals surface area contributed by atoms with Crippen LogP contribution in [-0.2, 0) is 9.53 Å². The van der Waals surface area contributed by atoms with Crippen LogP contribution in [0.3, 0.4) is 0 Å². The first-order valence-electron chi connectivity index (χ1n) is 4.58. The molecular weight excluding hydrogens is 154 g/mol. The summed E-state index contributed by atoms with van der Waals surface area (Å²) in [4.78, 5) is 13.4. The SMILES string of the molecule is CCC1CCCN1C(=O)COC. The molecule has 0 aromatic heterocycles. The molecule has 1 heterocycles. The van der Waals surface area contributed by atoms with Crippen molar-refractivity contribution in [1.82, 2.24) is 4.90 Å². The van der Waals surface area contributed by atoms with Gasteiger partial charge in [-0.25, -0.2) is 0 Å². The minimum absolute atomic E-state index is 0.141. The average Bonchev–Trinajstić information content (AvgIpc) is 2.51. The third kappa shape index (κ3) is 1.97. The Kier molecular flexibility index (Phi) is 3.53. The molecule has 0 N–H and O–H groups in total. The van der Waals surface area contributed by atoms with E-state index >= 15 is 0 Å². The zero-order valence-corrected chi connectivity index (χ0v) is 7.88. The average molecular weight is 171 g/mol. The molecule has 1 fully saturated rings. The second-order valence-electron chi connectivity index (χ2n) is 3.22. The molecule has 70 valence electrons. The Labute approximate surface area is 73.7 Å². The minimum atomic E-state index is 0.141. The van der Waals surface area contributed by atoms with E-state index in [1.54, 1.807) is 7.11 Å². The Morgan fingerprint density at radius 1 is 1.67 bits per heavy atom. The number of carbonyl (C=O) groups excluding carboxylic acids is 1. The lowest BCUT2D eigenvalue weighted by molar-refractivity contribution is -0.136. The largest absolute Gasteiger partial charge is 0.375 e. The van der Waals surface area contributed by atoms with Crippen molar-refractivity contribution in [3.8, 4) is 0 Å². The summed E-state index contributed by atoms with van der Waals surface area (Å²) >= 11 is 0. The van der Waals surface area contributed by atoms with Crippen LogP contribution in [0.15, 0.2) is 0 Å². The first-order chi connectivity index (χ1) is 5.79. The molecular formula is C9H17NO2. The predicted octanol–water partition coefficient (Wildman–Crippen LogP) is 1.03. The van der Waals surface area contributed by atoms with E-state index in [0.717, 1.165) is 25.8 Å². The monoisotopic (exact) mass is 171 g/mol. The molecule has 1 rings (SSSR count). The van der Waals surface area contributed by atoms with Crippen molar-refractivity contribution in [2.75, 3.05) is 20.3 Å². The summed E-state index contributed by atoms with van der Waals surface area (Å²) in [6.45, 7) is 3.28. The highest BCUT2D eigenvalue weighted by atomic mass is 16.5. The zero-order chi connectivity index (χ0) is 8.97. The van der Waals surface area contributed by atoms with Crippen molar-refractivity contribution in [1.29, 1.82) is 0 Å². The quantitative estimate of drug-likeness (QED) is 0.635. The van der Waals surface area contributed by atoms with Gasteiger partial charge in [0.25, 0.3) is 0 Å². The molecule has 0 spiro atoms. The lowest BCUT2D eigenvalue weighted by atomic mass is 10.2. The minimum Gasteiger partial charge on any atom is -0.375 e. The Balaban J connectivity index is 2.43. The number of methoxy groups -OCH3 is 1. The first kappa shape index (κ1) is 9.52. The van der Waals surface area contributed by atoms with Gasteiger partial charge < -0.3 is 9.64 Å². The van der Waals surface area contributed by atoms with Gasteiger partial charge in [-0.2, -0.15) is 0 Å². The van der Waals surface area contributed by atoms with Crippen LogP contribution in [0.5, 0.6) is 0 Å². The molecule has 0 bridgehead atoms. The predicted molar refractivity (Wildman–Crippen MR) is 46.9 cm³/mol. The maximum absolute atomic E-state index is 11.4. The van der Waals surface area contributed by atoms with Crippen LogP contribution >= 0.6 is 0 Å². The first-order valence-corrected chi connectivity index (χ1v) is 4.58. The molecule has 1 atom stereocenters. The van der Waals surface area contributed by atoms with Crippen LogP contribution in [0.2, 0.25) is 0 Å². The van der Waals surface area contributed by atoms with E-state index in [9.17, 15) is 4.79 Å². The Bertz CT molecular complexity index is 159. The fraction of sp³-hybridized carbons (Fsp3) is 0.889. The standard InChI is InChI=1S/C9H17NO2/c1-3-8-5-4-6-10(8)9(11)7-12-2/h8H,3-7H2,1-2H3. The van der Waals surface area contributed by atoms with Gasteiger partial charge in [-0.05, 0) is 19.3 Å². The molecule has 1 saturated heterocycles. The van der Waals surface area contributed by atoms with Crippen molar-refractivity contribution < 1.29 is 9.53 Å². The number of carbonyl (C=O) groups is 1. The van der Waals surface area contributed by atoms with Crippen molar-refractivity contribution in [3.05, 3.63) is 0 Å². The summed E-state index contributed by atoms with van der Waals surface area (Å²) in [5, 5.41) is 0. The number of hydrogen-bond acceptors (Lipinski definition) is 2. The van der Waals surface area contributed by atoms with E-state index in [1.807, 2.05) is 4.90 Å². The van der Waals surface area contributed by atoms with E-state index < -0.39 is 0 Å². The van der Waals surface area contributed by atoms with Crippen LogP contribution in [0, 0.1) is 0 Å². The molecule has 0 aliphatic carbocycles. The van der Waals surface area contributed by atoms with Crippen LogP contribution < -0.4 is 0 Å². The van der Waals surface area contributed by atoms with Crippen LogP contribution in [-0.4, -0.2) is 37.1 Å².